The number of hydrogen-bond acceptors (Lipinski definition) is 4. The zero-order chi connectivity index (χ0) is 15.3. The molecule has 0 heterocycles. The second-order valence-electron chi connectivity index (χ2n) is 4.62. The number of amides is 1. The lowest BCUT2D eigenvalue weighted by Crippen LogP contribution is -2.31. The lowest BCUT2D eigenvalue weighted by molar-refractivity contribution is 0.0948. The van der Waals surface area contributed by atoms with Crippen molar-refractivity contribution in [2.24, 2.45) is 11.7 Å². The molecule has 0 aliphatic rings. The van der Waals surface area contributed by atoms with E-state index >= 15 is 0 Å². The van der Waals surface area contributed by atoms with Crippen molar-refractivity contribution in [2.75, 3.05) is 24.1 Å². The molecule has 0 spiro atoms. The van der Waals surface area contributed by atoms with Crippen LogP contribution in [0.5, 0.6) is 0 Å². The van der Waals surface area contributed by atoms with Crippen LogP contribution in [0.15, 0.2) is 18.2 Å². The van der Waals surface area contributed by atoms with Gasteiger partial charge in [0, 0.05) is 12.1 Å². The zero-order valence-electron chi connectivity index (χ0n) is 11.7. The van der Waals surface area contributed by atoms with E-state index in [2.05, 4.69) is 5.32 Å². The molecule has 1 rings (SSSR count). The highest BCUT2D eigenvalue weighted by molar-refractivity contribution is 7.92. The van der Waals surface area contributed by atoms with Crippen LogP contribution in [0.25, 0.3) is 0 Å². The first-order valence-electron chi connectivity index (χ1n) is 5.98. The second-order valence-corrected chi connectivity index (χ2v) is 6.37. The van der Waals surface area contributed by atoms with Gasteiger partial charge in [0.1, 0.15) is 5.82 Å². The summed E-state index contributed by atoms with van der Waals surface area (Å²) in [7, 11) is -3.61. The topological polar surface area (TPSA) is 101 Å². The minimum absolute atomic E-state index is 0. The average Bonchev–Trinajstić information content (AvgIpc) is 2.36. The highest BCUT2D eigenvalue weighted by atomic mass is 35.5. The molecule has 0 aliphatic heterocycles. The van der Waals surface area contributed by atoms with Crippen LogP contribution in [0.3, 0.4) is 0 Å². The smallest absolute Gasteiger partial charge is 0.251 e. The standard InChI is InChI=1S/C12H18FN3O3S.ClH/c1-8(6-14)7-15-12(17)9-3-4-10(13)11(5-9)16-20(2,18)19;/h3-5,8,16H,6-7,14H2,1-2H3,(H,15,17);1H. The minimum atomic E-state index is -3.61. The number of carbonyl (C=O) groups is 1. The number of carbonyl (C=O) groups excluding carboxylic acids is 1. The van der Waals surface area contributed by atoms with E-state index in [0.29, 0.717) is 13.1 Å². The third kappa shape index (κ3) is 6.74. The van der Waals surface area contributed by atoms with E-state index in [1.54, 1.807) is 0 Å². The third-order valence-electron chi connectivity index (χ3n) is 2.54. The molecule has 4 N–H and O–H groups in total. The van der Waals surface area contributed by atoms with Crippen LogP contribution in [0.4, 0.5) is 10.1 Å². The van der Waals surface area contributed by atoms with Gasteiger partial charge in [0.25, 0.3) is 5.91 Å². The Morgan fingerprint density at radius 2 is 2.05 bits per heavy atom. The lowest BCUT2D eigenvalue weighted by Gasteiger charge is -2.11. The Morgan fingerprint density at radius 3 is 2.57 bits per heavy atom. The van der Waals surface area contributed by atoms with Crippen LogP contribution < -0.4 is 15.8 Å². The number of halogens is 2. The van der Waals surface area contributed by atoms with Crippen molar-refractivity contribution in [3.05, 3.63) is 29.6 Å². The fourth-order valence-corrected chi connectivity index (χ4v) is 1.95. The third-order valence-corrected chi connectivity index (χ3v) is 3.13. The Hall–Kier alpha value is -1.38. The van der Waals surface area contributed by atoms with Gasteiger partial charge in [0.2, 0.25) is 10.0 Å². The fraction of sp³-hybridized carbons (Fsp3) is 0.417. The molecule has 1 amide bonds. The number of rotatable bonds is 6. The molecule has 1 aromatic carbocycles. The van der Waals surface area contributed by atoms with Crippen molar-refractivity contribution < 1.29 is 17.6 Å². The number of anilines is 1. The Bertz CT molecular complexity index is 595. The molecule has 0 saturated carbocycles. The molecule has 1 unspecified atom stereocenters. The van der Waals surface area contributed by atoms with Gasteiger partial charge in [-0.2, -0.15) is 0 Å². The van der Waals surface area contributed by atoms with Gasteiger partial charge in [-0.05, 0) is 30.7 Å². The van der Waals surface area contributed by atoms with Gasteiger partial charge >= 0.3 is 0 Å². The number of sulfonamides is 1. The summed E-state index contributed by atoms with van der Waals surface area (Å²) in [5.41, 5.74) is 5.34. The maximum absolute atomic E-state index is 13.5. The molecule has 9 heteroatoms. The van der Waals surface area contributed by atoms with E-state index in [4.69, 9.17) is 5.73 Å². The van der Waals surface area contributed by atoms with Gasteiger partial charge in [-0.3, -0.25) is 9.52 Å². The summed E-state index contributed by atoms with van der Waals surface area (Å²) in [6.45, 7) is 2.70. The predicted octanol–water partition coefficient (Wildman–Crippen LogP) is 0.944. The van der Waals surface area contributed by atoms with Crippen LogP contribution >= 0.6 is 12.4 Å². The van der Waals surface area contributed by atoms with Gasteiger partial charge < -0.3 is 11.1 Å². The summed E-state index contributed by atoms with van der Waals surface area (Å²) in [5.74, 6) is -1.04. The molecule has 1 aromatic rings. The largest absolute Gasteiger partial charge is 0.352 e. The Balaban J connectivity index is 0.00000400. The molecule has 0 fully saturated rings. The summed E-state index contributed by atoms with van der Waals surface area (Å²) in [4.78, 5) is 11.8. The van der Waals surface area contributed by atoms with Gasteiger partial charge in [-0.1, -0.05) is 6.92 Å². The molecular formula is C12H19ClFN3O3S. The SMILES string of the molecule is CC(CN)CNC(=O)c1ccc(F)c(NS(C)(=O)=O)c1.Cl. The van der Waals surface area contributed by atoms with Crippen LogP contribution in [-0.4, -0.2) is 33.7 Å². The van der Waals surface area contributed by atoms with Crippen molar-refractivity contribution in [1.82, 2.24) is 5.32 Å². The van der Waals surface area contributed by atoms with Crippen LogP contribution in [-0.2, 0) is 10.0 Å². The molecule has 21 heavy (non-hydrogen) atoms. The zero-order valence-corrected chi connectivity index (χ0v) is 13.4. The molecule has 0 aromatic heterocycles. The number of benzene rings is 1. The van der Waals surface area contributed by atoms with Crippen molar-refractivity contribution in [3.63, 3.8) is 0 Å². The predicted molar refractivity (Wildman–Crippen MR) is 82.7 cm³/mol. The van der Waals surface area contributed by atoms with Gasteiger partial charge in [0.15, 0.2) is 0 Å². The molecule has 6 nitrogen and oxygen atoms in total. The highest BCUT2D eigenvalue weighted by Crippen LogP contribution is 2.17. The summed E-state index contributed by atoms with van der Waals surface area (Å²) in [6.07, 6.45) is 0.905. The molecule has 0 saturated heterocycles. The maximum atomic E-state index is 13.5. The van der Waals surface area contributed by atoms with E-state index in [1.807, 2.05) is 11.6 Å². The quantitative estimate of drug-likeness (QED) is 0.718. The molecule has 0 aliphatic carbocycles. The van der Waals surface area contributed by atoms with Gasteiger partial charge in [0.05, 0.1) is 11.9 Å². The van der Waals surface area contributed by atoms with Crippen molar-refractivity contribution in [3.8, 4) is 0 Å². The second kappa shape index (κ2) is 8.16. The lowest BCUT2D eigenvalue weighted by atomic mass is 10.1. The molecule has 0 radical (unpaired) electrons. The maximum Gasteiger partial charge on any atom is 0.251 e. The Morgan fingerprint density at radius 1 is 1.43 bits per heavy atom. The minimum Gasteiger partial charge on any atom is -0.352 e. The Labute approximate surface area is 129 Å². The monoisotopic (exact) mass is 339 g/mol. The number of hydrogen-bond donors (Lipinski definition) is 3. The van der Waals surface area contributed by atoms with Crippen LogP contribution in [0, 0.1) is 11.7 Å². The van der Waals surface area contributed by atoms with Crippen molar-refractivity contribution in [2.45, 2.75) is 6.92 Å². The van der Waals surface area contributed by atoms with E-state index in [0.717, 1.165) is 18.4 Å². The number of nitrogens with two attached hydrogens (primary N) is 1. The van der Waals surface area contributed by atoms with E-state index in [-0.39, 0.29) is 29.6 Å². The summed E-state index contributed by atoms with van der Waals surface area (Å²) < 4.78 is 37.7. The average molecular weight is 340 g/mol. The summed E-state index contributed by atoms with van der Waals surface area (Å²) in [5, 5.41) is 2.64. The van der Waals surface area contributed by atoms with Crippen LogP contribution in [0.2, 0.25) is 0 Å². The Kier molecular flexibility index (Phi) is 7.62. The molecule has 0 bridgehead atoms. The van der Waals surface area contributed by atoms with Gasteiger partial charge in [-0.25, -0.2) is 12.8 Å². The van der Waals surface area contributed by atoms with E-state index in [1.165, 1.54) is 6.07 Å². The highest BCUT2D eigenvalue weighted by Gasteiger charge is 2.13. The number of nitrogens with one attached hydrogen (secondary N) is 2. The van der Waals surface area contributed by atoms with Crippen molar-refractivity contribution >= 4 is 34.0 Å². The summed E-state index contributed by atoms with van der Waals surface area (Å²) in [6, 6.07) is 3.47. The fourth-order valence-electron chi connectivity index (χ4n) is 1.40. The van der Waals surface area contributed by atoms with Crippen LogP contribution in [0.1, 0.15) is 17.3 Å². The first kappa shape index (κ1) is 19.6. The molecule has 1 atom stereocenters. The van der Waals surface area contributed by atoms with E-state index in [9.17, 15) is 17.6 Å². The normalized spacial score (nSPS) is 12.2. The summed E-state index contributed by atoms with van der Waals surface area (Å²) >= 11 is 0. The molecular weight excluding hydrogens is 321 g/mol. The van der Waals surface area contributed by atoms with Gasteiger partial charge in [-0.15, -0.1) is 12.4 Å². The molecule has 120 valence electrons. The van der Waals surface area contributed by atoms with Crippen molar-refractivity contribution in [1.29, 1.82) is 0 Å². The van der Waals surface area contributed by atoms with E-state index < -0.39 is 21.7 Å². The first-order chi connectivity index (χ1) is 9.23. The first-order valence-corrected chi connectivity index (χ1v) is 7.87.